The van der Waals surface area contributed by atoms with Crippen LogP contribution >= 0.6 is 0 Å². The van der Waals surface area contributed by atoms with Crippen molar-refractivity contribution in [2.45, 2.75) is 83.5 Å². The van der Waals surface area contributed by atoms with Crippen molar-refractivity contribution < 1.29 is 9.59 Å². The van der Waals surface area contributed by atoms with Crippen LogP contribution in [0, 0.1) is 17.3 Å². The highest BCUT2D eigenvalue weighted by Gasteiger charge is 2.39. The summed E-state index contributed by atoms with van der Waals surface area (Å²) in [6.07, 6.45) is 15.0. The summed E-state index contributed by atoms with van der Waals surface area (Å²) in [6, 6.07) is 0. The molecule has 2 saturated carbocycles. The highest BCUT2D eigenvalue weighted by Crippen LogP contribution is 2.42. The van der Waals surface area contributed by atoms with Gasteiger partial charge in [-0.2, -0.15) is 0 Å². The number of carbonyl (C=O) groups is 2. The molecule has 0 aromatic heterocycles. The molecule has 0 aromatic carbocycles. The van der Waals surface area contributed by atoms with Crippen LogP contribution in [0.5, 0.6) is 0 Å². The van der Waals surface area contributed by atoms with Crippen molar-refractivity contribution in [3.8, 4) is 0 Å². The molecule has 0 aromatic rings. The van der Waals surface area contributed by atoms with Gasteiger partial charge in [0.1, 0.15) is 0 Å². The molecule has 4 rings (SSSR count). The lowest BCUT2D eigenvalue weighted by molar-refractivity contribution is -0.135. The fourth-order valence-electron chi connectivity index (χ4n) is 5.46. The number of hydrogen-bond acceptors (Lipinski definition) is 2. The summed E-state index contributed by atoms with van der Waals surface area (Å²) >= 11 is 0. The minimum atomic E-state index is 0.315. The monoisotopic (exact) mass is 360 g/mol. The molecule has 2 aliphatic heterocycles. The molecular weight excluding hydrogens is 324 g/mol. The van der Waals surface area contributed by atoms with Gasteiger partial charge in [0.15, 0.2) is 0 Å². The lowest BCUT2D eigenvalue weighted by atomic mass is 9.72. The predicted octanol–water partition coefficient (Wildman–Crippen LogP) is 3.99. The molecule has 0 atom stereocenters. The third-order valence-electron chi connectivity index (χ3n) is 7.67. The molecule has 26 heavy (non-hydrogen) atoms. The Labute approximate surface area is 158 Å². The van der Waals surface area contributed by atoms with Crippen molar-refractivity contribution >= 4 is 11.8 Å². The topological polar surface area (TPSA) is 40.6 Å². The summed E-state index contributed by atoms with van der Waals surface area (Å²) in [6.45, 7) is 3.79. The molecule has 4 aliphatic rings. The molecule has 2 heterocycles. The molecule has 146 valence electrons. The van der Waals surface area contributed by atoms with E-state index in [0.29, 0.717) is 23.1 Å². The normalized spacial score (nSPS) is 27.6. The van der Waals surface area contributed by atoms with E-state index in [1.807, 2.05) is 0 Å². The van der Waals surface area contributed by atoms with E-state index in [1.165, 1.54) is 44.9 Å². The SMILES string of the molecule is O=C(CC1CCCCC1)N1CCC2(CCC(=O)N(CC3CC3)CC2)CC1. The van der Waals surface area contributed by atoms with Gasteiger partial charge in [-0.1, -0.05) is 19.3 Å². The fraction of sp³-hybridized carbons (Fsp3) is 0.909. The summed E-state index contributed by atoms with van der Waals surface area (Å²) < 4.78 is 0. The van der Waals surface area contributed by atoms with E-state index in [2.05, 4.69) is 9.80 Å². The van der Waals surface area contributed by atoms with Crippen molar-refractivity contribution in [3.63, 3.8) is 0 Å². The molecule has 2 amide bonds. The van der Waals surface area contributed by atoms with Crippen LogP contribution < -0.4 is 0 Å². The molecule has 0 N–H and O–H groups in total. The zero-order valence-corrected chi connectivity index (χ0v) is 16.4. The van der Waals surface area contributed by atoms with Crippen LogP contribution in [0.4, 0.5) is 0 Å². The third-order valence-corrected chi connectivity index (χ3v) is 7.67. The minimum absolute atomic E-state index is 0.315. The fourth-order valence-corrected chi connectivity index (χ4v) is 5.46. The van der Waals surface area contributed by atoms with Crippen LogP contribution in [0.3, 0.4) is 0 Å². The van der Waals surface area contributed by atoms with Crippen molar-refractivity contribution in [2.24, 2.45) is 17.3 Å². The Morgan fingerprint density at radius 1 is 0.885 bits per heavy atom. The summed E-state index contributed by atoms with van der Waals surface area (Å²) in [5, 5.41) is 0. The molecule has 4 nitrogen and oxygen atoms in total. The lowest BCUT2D eigenvalue weighted by Gasteiger charge is -2.42. The number of hydrogen-bond donors (Lipinski definition) is 0. The van der Waals surface area contributed by atoms with Crippen LogP contribution in [0.15, 0.2) is 0 Å². The molecule has 2 aliphatic carbocycles. The predicted molar refractivity (Wildman–Crippen MR) is 103 cm³/mol. The van der Waals surface area contributed by atoms with Gasteiger partial charge in [0.25, 0.3) is 0 Å². The Hall–Kier alpha value is -1.06. The van der Waals surface area contributed by atoms with Crippen molar-refractivity contribution in [3.05, 3.63) is 0 Å². The Bertz CT molecular complexity index is 514. The van der Waals surface area contributed by atoms with Crippen molar-refractivity contribution in [2.75, 3.05) is 26.2 Å². The molecule has 1 spiro atoms. The van der Waals surface area contributed by atoms with Crippen molar-refractivity contribution in [1.82, 2.24) is 9.80 Å². The highest BCUT2D eigenvalue weighted by atomic mass is 16.2. The molecule has 2 saturated heterocycles. The molecule has 0 unspecified atom stereocenters. The van der Waals surface area contributed by atoms with Crippen LogP contribution in [-0.2, 0) is 9.59 Å². The van der Waals surface area contributed by atoms with E-state index in [0.717, 1.165) is 70.6 Å². The van der Waals surface area contributed by atoms with E-state index in [-0.39, 0.29) is 0 Å². The van der Waals surface area contributed by atoms with Gasteiger partial charge in [-0.25, -0.2) is 0 Å². The van der Waals surface area contributed by atoms with Gasteiger partial charge in [-0.05, 0) is 68.6 Å². The first kappa shape index (κ1) is 18.3. The number of carbonyl (C=O) groups excluding carboxylic acids is 2. The largest absolute Gasteiger partial charge is 0.343 e. The van der Waals surface area contributed by atoms with Gasteiger partial charge in [0.05, 0.1) is 0 Å². The molecule has 0 radical (unpaired) electrons. The van der Waals surface area contributed by atoms with Gasteiger partial charge < -0.3 is 9.80 Å². The van der Waals surface area contributed by atoms with Gasteiger partial charge in [-0.3, -0.25) is 9.59 Å². The molecule has 4 heteroatoms. The van der Waals surface area contributed by atoms with Crippen LogP contribution in [0.2, 0.25) is 0 Å². The van der Waals surface area contributed by atoms with Gasteiger partial charge in [0.2, 0.25) is 11.8 Å². The lowest BCUT2D eigenvalue weighted by Crippen LogP contribution is -2.44. The number of rotatable bonds is 4. The smallest absolute Gasteiger partial charge is 0.222 e. The maximum absolute atomic E-state index is 12.7. The van der Waals surface area contributed by atoms with Gasteiger partial charge >= 0.3 is 0 Å². The quantitative estimate of drug-likeness (QED) is 0.760. The highest BCUT2D eigenvalue weighted by molar-refractivity contribution is 5.77. The second kappa shape index (κ2) is 7.90. The van der Waals surface area contributed by atoms with E-state index in [4.69, 9.17) is 0 Å². The van der Waals surface area contributed by atoms with E-state index < -0.39 is 0 Å². The first-order valence-electron chi connectivity index (χ1n) is 11.2. The molecule has 4 fully saturated rings. The number of piperidine rings is 1. The third kappa shape index (κ3) is 4.43. The summed E-state index contributed by atoms with van der Waals surface area (Å²) in [5.74, 6) is 2.20. The summed E-state index contributed by atoms with van der Waals surface area (Å²) in [5.41, 5.74) is 0.315. The average Bonchev–Trinajstić information content (AvgIpc) is 3.49. The maximum atomic E-state index is 12.7. The zero-order valence-electron chi connectivity index (χ0n) is 16.4. The Kier molecular flexibility index (Phi) is 5.56. The Morgan fingerprint density at radius 2 is 1.58 bits per heavy atom. The zero-order chi connectivity index (χ0) is 18.0. The van der Waals surface area contributed by atoms with Crippen LogP contribution in [0.25, 0.3) is 0 Å². The summed E-state index contributed by atoms with van der Waals surface area (Å²) in [7, 11) is 0. The first-order valence-corrected chi connectivity index (χ1v) is 11.2. The van der Waals surface area contributed by atoms with Crippen molar-refractivity contribution in [1.29, 1.82) is 0 Å². The van der Waals surface area contributed by atoms with E-state index in [9.17, 15) is 9.59 Å². The maximum Gasteiger partial charge on any atom is 0.222 e. The number of likely N-dealkylation sites (tertiary alicyclic amines) is 2. The Morgan fingerprint density at radius 3 is 2.27 bits per heavy atom. The first-order chi connectivity index (χ1) is 12.6. The molecular formula is C22H36N2O2. The molecule has 0 bridgehead atoms. The standard InChI is InChI=1S/C22H36N2O2/c25-20-8-9-22(12-15-24(20)17-19-6-7-19)10-13-23(14-11-22)21(26)16-18-4-2-1-3-5-18/h18-19H,1-17H2. The second-order valence-corrected chi connectivity index (χ2v) is 9.62. The number of amides is 2. The second-order valence-electron chi connectivity index (χ2n) is 9.62. The van der Waals surface area contributed by atoms with Crippen LogP contribution in [0.1, 0.15) is 83.5 Å². The van der Waals surface area contributed by atoms with Crippen LogP contribution in [-0.4, -0.2) is 47.8 Å². The van der Waals surface area contributed by atoms with Gasteiger partial charge in [-0.15, -0.1) is 0 Å². The average molecular weight is 361 g/mol. The Balaban J connectivity index is 1.26. The van der Waals surface area contributed by atoms with E-state index >= 15 is 0 Å². The minimum Gasteiger partial charge on any atom is -0.343 e. The number of nitrogens with zero attached hydrogens (tertiary/aromatic N) is 2. The van der Waals surface area contributed by atoms with E-state index in [1.54, 1.807) is 0 Å². The summed E-state index contributed by atoms with van der Waals surface area (Å²) in [4.78, 5) is 29.4. The van der Waals surface area contributed by atoms with Gasteiger partial charge in [0, 0.05) is 39.0 Å².